The van der Waals surface area contributed by atoms with E-state index in [0.29, 0.717) is 16.9 Å². The zero-order valence-corrected chi connectivity index (χ0v) is 16.7. The van der Waals surface area contributed by atoms with Crippen LogP contribution in [0, 0.1) is 0 Å². The van der Waals surface area contributed by atoms with E-state index in [2.05, 4.69) is 15.0 Å². The molecule has 0 saturated carbocycles. The largest absolute Gasteiger partial charge is 0.424 e. The number of aromatic nitrogens is 3. The Morgan fingerprint density at radius 3 is 1.88 bits per heavy atom. The standard InChI is InChI=1S/C24H18F3N3O2/c25-24(26,27)20-6-4-18(5-7-20)23(31,19-10-14-28-15-11-19)16-17-2-8-21(9-3-17)32-22-29-12-1-13-30-22/h1-15,31H,16H2. The molecule has 5 nitrogen and oxygen atoms in total. The monoisotopic (exact) mass is 437 g/mol. The molecule has 0 fully saturated rings. The number of benzene rings is 2. The van der Waals surface area contributed by atoms with E-state index in [9.17, 15) is 18.3 Å². The molecule has 0 aliphatic heterocycles. The van der Waals surface area contributed by atoms with Crippen LogP contribution in [0.2, 0.25) is 0 Å². The number of hydrogen-bond acceptors (Lipinski definition) is 5. The Kier molecular flexibility index (Phi) is 5.87. The summed E-state index contributed by atoms with van der Waals surface area (Å²) in [6.07, 6.45) is 1.86. The van der Waals surface area contributed by atoms with Crippen molar-refractivity contribution in [3.63, 3.8) is 0 Å². The normalized spacial score (nSPS) is 13.4. The second-order valence-electron chi connectivity index (χ2n) is 7.13. The van der Waals surface area contributed by atoms with Crippen molar-refractivity contribution in [1.82, 2.24) is 15.0 Å². The van der Waals surface area contributed by atoms with Gasteiger partial charge in [-0.3, -0.25) is 4.98 Å². The Morgan fingerprint density at radius 1 is 0.719 bits per heavy atom. The smallest absolute Gasteiger partial charge is 0.416 e. The number of rotatable bonds is 6. The van der Waals surface area contributed by atoms with E-state index in [-0.39, 0.29) is 12.4 Å². The highest BCUT2D eigenvalue weighted by atomic mass is 19.4. The molecule has 4 aromatic rings. The van der Waals surface area contributed by atoms with Gasteiger partial charge < -0.3 is 9.84 Å². The SMILES string of the molecule is OC(Cc1ccc(Oc2ncccn2)cc1)(c1ccncc1)c1ccc(C(F)(F)F)cc1. The van der Waals surface area contributed by atoms with Crippen molar-refractivity contribution < 1.29 is 23.0 Å². The quantitative estimate of drug-likeness (QED) is 0.451. The number of halogens is 3. The highest BCUT2D eigenvalue weighted by Gasteiger charge is 2.34. The van der Waals surface area contributed by atoms with E-state index in [1.54, 1.807) is 54.9 Å². The molecule has 1 N–H and O–H groups in total. The first-order chi connectivity index (χ1) is 15.3. The summed E-state index contributed by atoms with van der Waals surface area (Å²) in [7, 11) is 0. The fraction of sp³-hybridized carbons (Fsp3) is 0.125. The van der Waals surface area contributed by atoms with Crippen molar-refractivity contribution >= 4 is 0 Å². The maximum absolute atomic E-state index is 13.0. The molecule has 32 heavy (non-hydrogen) atoms. The van der Waals surface area contributed by atoms with Gasteiger partial charge in [-0.2, -0.15) is 13.2 Å². The second-order valence-corrected chi connectivity index (χ2v) is 7.13. The molecule has 2 heterocycles. The van der Waals surface area contributed by atoms with Crippen LogP contribution in [0.15, 0.2) is 91.5 Å². The van der Waals surface area contributed by atoms with E-state index < -0.39 is 17.3 Å². The molecule has 0 bridgehead atoms. The molecule has 8 heteroatoms. The van der Waals surface area contributed by atoms with Crippen LogP contribution < -0.4 is 4.74 Å². The van der Waals surface area contributed by atoms with Gasteiger partial charge >= 0.3 is 12.2 Å². The number of alkyl halides is 3. The van der Waals surface area contributed by atoms with Gasteiger partial charge in [0.25, 0.3) is 0 Å². The van der Waals surface area contributed by atoms with Gasteiger partial charge in [0.15, 0.2) is 0 Å². The third-order valence-corrected chi connectivity index (χ3v) is 4.98. The molecule has 162 valence electrons. The van der Waals surface area contributed by atoms with Crippen molar-refractivity contribution in [2.24, 2.45) is 0 Å². The summed E-state index contributed by atoms with van der Waals surface area (Å²) in [6.45, 7) is 0. The van der Waals surface area contributed by atoms with Crippen molar-refractivity contribution in [3.8, 4) is 11.8 Å². The van der Waals surface area contributed by atoms with Gasteiger partial charge in [-0.15, -0.1) is 0 Å². The fourth-order valence-corrected chi connectivity index (χ4v) is 3.35. The molecule has 1 atom stereocenters. The zero-order valence-electron chi connectivity index (χ0n) is 16.7. The number of pyridine rings is 1. The molecule has 0 spiro atoms. The van der Waals surface area contributed by atoms with Crippen molar-refractivity contribution in [1.29, 1.82) is 0 Å². The third-order valence-electron chi connectivity index (χ3n) is 4.98. The molecule has 4 rings (SSSR count). The number of nitrogens with zero attached hydrogens (tertiary/aromatic N) is 3. The van der Waals surface area contributed by atoms with Crippen LogP contribution in [-0.4, -0.2) is 20.1 Å². The molecule has 1 unspecified atom stereocenters. The van der Waals surface area contributed by atoms with Gasteiger partial charge in [0.1, 0.15) is 11.4 Å². The lowest BCUT2D eigenvalue weighted by molar-refractivity contribution is -0.137. The minimum absolute atomic E-state index is 0.129. The lowest BCUT2D eigenvalue weighted by Gasteiger charge is -2.30. The lowest BCUT2D eigenvalue weighted by atomic mass is 9.81. The number of aliphatic hydroxyl groups is 1. The van der Waals surface area contributed by atoms with Crippen LogP contribution in [0.25, 0.3) is 0 Å². The van der Waals surface area contributed by atoms with Crippen molar-refractivity contribution in [3.05, 3.63) is 114 Å². The van der Waals surface area contributed by atoms with Crippen LogP contribution in [0.1, 0.15) is 22.3 Å². The summed E-state index contributed by atoms with van der Waals surface area (Å²) in [5.41, 5.74) is -0.716. The molecule has 0 aliphatic rings. The minimum Gasteiger partial charge on any atom is -0.424 e. The average molecular weight is 437 g/mol. The summed E-state index contributed by atoms with van der Waals surface area (Å²) in [6, 6.07) is 16.7. The molecule has 0 saturated heterocycles. The van der Waals surface area contributed by atoms with E-state index in [0.717, 1.165) is 17.7 Å². The zero-order chi connectivity index (χ0) is 22.6. The Labute approximate surface area is 182 Å². The average Bonchev–Trinajstić information content (AvgIpc) is 2.81. The van der Waals surface area contributed by atoms with Gasteiger partial charge in [0.05, 0.1) is 5.56 Å². The first-order valence-electron chi connectivity index (χ1n) is 9.69. The minimum atomic E-state index is -4.45. The summed E-state index contributed by atoms with van der Waals surface area (Å²) in [5, 5.41) is 11.6. The Bertz CT molecular complexity index is 1150. The highest BCUT2D eigenvalue weighted by molar-refractivity contribution is 5.40. The summed E-state index contributed by atoms with van der Waals surface area (Å²) < 4.78 is 44.5. The lowest BCUT2D eigenvalue weighted by Crippen LogP contribution is -2.30. The summed E-state index contributed by atoms with van der Waals surface area (Å²) >= 11 is 0. The van der Waals surface area contributed by atoms with Crippen LogP contribution in [0.5, 0.6) is 11.8 Å². The molecule has 0 amide bonds. The first kappa shape index (κ1) is 21.5. The van der Waals surface area contributed by atoms with Gasteiger partial charge in [0, 0.05) is 31.2 Å². The van der Waals surface area contributed by atoms with Crippen LogP contribution in [0.3, 0.4) is 0 Å². The van der Waals surface area contributed by atoms with Gasteiger partial charge in [-0.05, 0) is 59.2 Å². The predicted octanol–water partition coefficient (Wildman–Crippen LogP) is 5.16. The van der Waals surface area contributed by atoms with E-state index in [1.165, 1.54) is 24.5 Å². The molecular formula is C24H18F3N3O2. The second kappa shape index (κ2) is 8.76. The Hall–Kier alpha value is -3.78. The maximum Gasteiger partial charge on any atom is 0.416 e. The summed E-state index contributed by atoms with van der Waals surface area (Å²) in [5.74, 6) is 0.516. The Balaban J connectivity index is 1.63. The first-order valence-corrected chi connectivity index (χ1v) is 9.69. The van der Waals surface area contributed by atoms with Crippen LogP contribution in [0.4, 0.5) is 13.2 Å². The molecule has 2 aromatic carbocycles. The van der Waals surface area contributed by atoms with Gasteiger partial charge in [-0.1, -0.05) is 24.3 Å². The third kappa shape index (κ3) is 4.76. The molecule has 0 aliphatic carbocycles. The number of hydrogen-bond donors (Lipinski definition) is 1. The van der Waals surface area contributed by atoms with Crippen LogP contribution in [-0.2, 0) is 18.2 Å². The fourth-order valence-electron chi connectivity index (χ4n) is 3.35. The number of ether oxygens (including phenoxy) is 1. The topological polar surface area (TPSA) is 68.1 Å². The highest BCUT2D eigenvalue weighted by Crippen LogP contribution is 2.36. The summed E-state index contributed by atoms with van der Waals surface area (Å²) in [4.78, 5) is 12.0. The van der Waals surface area contributed by atoms with E-state index in [4.69, 9.17) is 4.74 Å². The van der Waals surface area contributed by atoms with Crippen LogP contribution >= 0.6 is 0 Å². The van der Waals surface area contributed by atoms with Gasteiger partial charge in [0.2, 0.25) is 0 Å². The van der Waals surface area contributed by atoms with E-state index in [1.807, 2.05) is 0 Å². The van der Waals surface area contributed by atoms with E-state index >= 15 is 0 Å². The van der Waals surface area contributed by atoms with Crippen molar-refractivity contribution in [2.45, 2.75) is 18.2 Å². The predicted molar refractivity (Wildman–Crippen MR) is 111 cm³/mol. The molecule has 0 radical (unpaired) electrons. The molecule has 2 aromatic heterocycles. The van der Waals surface area contributed by atoms with Gasteiger partial charge in [-0.25, -0.2) is 9.97 Å². The van der Waals surface area contributed by atoms with Crippen molar-refractivity contribution in [2.75, 3.05) is 0 Å². The molecular weight excluding hydrogens is 419 g/mol. The Morgan fingerprint density at radius 2 is 1.28 bits per heavy atom. The maximum atomic E-state index is 13.0.